The highest BCUT2D eigenvalue weighted by Crippen LogP contribution is 2.35. The molecule has 1 aromatic carbocycles. The summed E-state index contributed by atoms with van der Waals surface area (Å²) in [6.45, 7) is 0.0813. The highest BCUT2D eigenvalue weighted by atomic mass is 19.2. The number of anilines is 1. The Morgan fingerprint density at radius 3 is 2.67 bits per heavy atom. The van der Waals surface area contributed by atoms with Crippen LogP contribution >= 0.6 is 0 Å². The number of carbonyl (C=O) groups excluding carboxylic acids is 2. The van der Waals surface area contributed by atoms with Crippen LogP contribution in [0.1, 0.15) is 34.9 Å². The standard InChI is InChI=1S/C21H20F4N6O2/c1-26-20(32)16-8-18(28-10-27-16)30-5-3-12(15(24)9-30)21(33)31-17(2-4-29-31)13-6-11(22)7-14(23)19(13)25/h4,6-8,10,12,15,17H,2-3,5,9H2,1H3,(H,26,32)/t12-,15+,17-/m0/s1. The molecule has 4 rings (SSSR count). The molecule has 0 saturated carbocycles. The predicted octanol–water partition coefficient (Wildman–Crippen LogP) is 2.38. The molecule has 174 valence electrons. The van der Waals surface area contributed by atoms with Gasteiger partial charge in [0, 0.05) is 43.9 Å². The van der Waals surface area contributed by atoms with Crippen molar-refractivity contribution < 1.29 is 27.2 Å². The second-order valence-electron chi connectivity index (χ2n) is 7.72. The van der Waals surface area contributed by atoms with Crippen LogP contribution in [-0.2, 0) is 4.79 Å². The maximum atomic E-state index is 15.1. The van der Waals surface area contributed by atoms with Crippen LogP contribution in [0.15, 0.2) is 29.6 Å². The summed E-state index contributed by atoms with van der Waals surface area (Å²) in [6, 6.07) is 1.59. The minimum atomic E-state index is -1.62. The fourth-order valence-corrected chi connectivity index (χ4v) is 4.04. The summed E-state index contributed by atoms with van der Waals surface area (Å²) in [5, 5.41) is 7.27. The van der Waals surface area contributed by atoms with Crippen LogP contribution in [0, 0.1) is 23.4 Å². The number of nitrogens with one attached hydrogen (secondary N) is 1. The zero-order chi connectivity index (χ0) is 23.7. The summed E-state index contributed by atoms with van der Waals surface area (Å²) in [7, 11) is 1.46. The van der Waals surface area contributed by atoms with Crippen LogP contribution < -0.4 is 10.2 Å². The minimum absolute atomic E-state index is 0.0462. The molecule has 0 bridgehead atoms. The van der Waals surface area contributed by atoms with E-state index < -0.39 is 47.4 Å². The maximum absolute atomic E-state index is 15.1. The van der Waals surface area contributed by atoms with Crippen molar-refractivity contribution in [3.63, 3.8) is 0 Å². The summed E-state index contributed by atoms with van der Waals surface area (Å²) in [6.07, 6.45) is 1.05. The van der Waals surface area contributed by atoms with E-state index in [1.807, 2.05) is 0 Å². The minimum Gasteiger partial charge on any atom is -0.354 e. The van der Waals surface area contributed by atoms with Gasteiger partial charge in [-0.2, -0.15) is 5.10 Å². The quantitative estimate of drug-likeness (QED) is 0.554. The first-order valence-electron chi connectivity index (χ1n) is 10.2. The molecule has 2 aromatic rings. The Morgan fingerprint density at radius 2 is 1.94 bits per heavy atom. The van der Waals surface area contributed by atoms with Crippen molar-refractivity contribution in [1.82, 2.24) is 20.3 Å². The molecule has 3 heterocycles. The SMILES string of the molecule is CNC(=O)c1cc(N2CC[C@H](C(=O)N3N=CC[C@H]3c3cc(F)cc(F)c3F)[C@H](F)C2)ncn1. The molecule has 2 amide bonds. The van der Waals surface area contributed by atoms with Gasteiger partial charge in [0.05, 0.1) is 18.5 Å². The Hall–Kier alpha value is -3.57. The molecule has 2 aliphatic heterocycles. The first-order valence-corrected chi connectivity index (χ1v) is 10.2. The van der Waals surface area contributed by atoms with E-state index >= 15 is 4.39 Å². The number of halogens is 4. The van der Waals surface area contributed by atoms with E-state index in [4.69, 9.17) is 0 Å². The molecule has 0 radical (unpaired) electrons. The number of hydrazone groups is 1. The third kappa shape index (κ3) is 4.37. The van der Waals surface area contributed by atoms with Crippen molar-refractivity contribution in [3.05, 3.63) is 53.2 Å². The molecular weight excluding hydrogens is 444 g/mol. The van der Waals surface area contributed by atoms with E-state index in [-0.39, 0.29) is 37.2 Å². The lowest BCUT2D eigenvalue weighted by molar-refractivity contribution is -0.140. The first-order chi connectivity index (χ1) is 15.8. The highest BCUT2D eigenvalue weighted by Gasteiger charge is 2.41. The third-order valence-electron chi connectivity index (χ3n) is 5.73. The molecule has 1 saturated heterocycles. The van der Waals surface area contributed by atoms with Crippen LogP contribution in [0.2, 0.25) is 0 Å². The van der Waals surface area contributed by atoms with Crippen LogP contribution in [0.4, 0.5) is 23.4 Å². The largest absolute Gasteiger partial charge is 0.354 e. The van der Waals surface area contributed by atoms with Crippen molar-refractivity contribution >= 4 is 23.8 Å². The van der Waals surface area contributed by atoms with Gasteiger partial charge in [0.25, 0.3) is 5.91 Å². The molecule has 0 aliphatic carbocycles. The highest BCUT2D eigenvalue weighted by molar-refractivity contribution is 5.92. The fraction of sp³-hybridized carbons (Fsp3) is 0.381. The third-order valence-corrected chi connectivity index (χ3v) is 5.73. The Labute approximate surface area is 186 Å². The molecule has 1 fully saturated rings. The average Bonchev–Trinajstić information content (AvgIpc) is 3.30. The Kier molecular flexibility index (Phi) is 6.25. The lowest BCUT2D eigenvalue weighted by atomic mass is 9.92. The van der Waals surface area contributed by atoms with Gasteiger partial charge in [-0.15, -0.1) is 0 Å². The number of nitrogens with zero attached hydrogens (tertiary/aromatic N) is 5. The molecule has 3 atom stereocenters. The monoisotopic (exact) mass is 464 g/mol. The van der Waals surface area contributed by atoms with Crippen molar-refractivity contribution in [1.29, 1.82) is 0 Å². The second kappa shape index (κ2) is 9.12. The van der Waals surface area contributed by atoms with Crippen LogP contribution in [-0.4, -0.2) is 59.3 Å². The van der Waals surface area contributed by atoms with Crippen molar-refractivity contribution in [3.8, 4) is 0 Å². The van der Waals surface area contributed by atoms with E-state index in [2.05, 4.69) is 20.4 Å². The summed E-state index contributed by atoms with van der Waals surface area (Å²) in [5.74, 6) is -5.49. The Morgan fingerprint density at radius 1 is 1.15 bits per heavy atom. The number of hydrogen-bond donors (Lipinski definition) is 1. The van der Waals surface area contributed by atoms with Crippen molar-refractivity contribution in [2.45, 2.75) is 25.1 Å². The van der Waals surface area contributed by atoms with Gasteiger partial charge < -0.3 is 10.2 Å². The number of piperidine rings is 1. The van der Waals surface area contributed by atoms with Gasteiger partial charge in [-0.25, -0.2) is 32.5 Å². The fourth-order valence-electron chi connectivity index (χ4n) is 4.04. The van der Waals surface area contributed by atoms with Crippen LogP contribution in [0.3, 0.4) is 0 Å². The molecule has 0 spiro atoms. The van der Waals surface area contributed by atoms with Gasteiger partial charge in [-0.05, 0) is 12.5 Å². The van der Waals surface area contributed by atoms with Gasteiger partial charge in [0.2, 0.25) is 5.91 Å². The van der Waals surface area contributed by atoms with Crippen LogP contribution in [0.5, 0.6) is 0 Å². The average molecular weight is 464 g/mol. The number of alkyl halides is 1. The Bertz CT molecular complexity index is 1110. The number of carbonyl (C=O) groups is 2. The van der Waals surface area contributed by atoms with E-state index in [0.717, 1.165) is 11.1 Å². The number of amides is 2. The van der Waals surface area contributed by atoms with Gasteiger partial charge >= 0.3 is 0 Å². The molecule has 33 heavy (non-hydrogen) atoms. The van der Waals surface area contributed by atoms with E-state index in [9.17, 15) is 22.8 Å². The van der Waals surface area contributed by atoms with Gasteiger partial charge in [-0.3, -0.25) is 9.59 Å². The number of rotatable bonds is 4. The molecule has 12 heteroatoms. The molecule has 8 nitrogen and oxygen atoms in total. The molecule has 1 aromatic heterocycles. The van der Waals surface area contributed by atoms with E-state index in [0.29, 0.717) is 11.9 Å². The summed E-state index contributed by atoms with van der Waals surface area (Å²) in [4.78, 5) is 34.4. The summed E-state index contributed by atoms with van der Waals surface area (Å²) < 4.78 is 56.7. The molecule has 1 N–H and O–H groups in total. The number of aromatic nitrogens is 2. The normalized spacial score (nSPS) is 22.5. The summed E-state index contributed by atoms with van der Waals surface area (Å²) >= 11 is 0. The lowest BCUT2D eigenvalue weighted by Gasteiger charge is -2.36. The molecule has 0 unspecified atom stereocenters. The topological polar surface area (TPSA) is 90.8 Å². The molecular formula is C21H20F4N6O2. The second-order valence-corrected chi connectivity index (χ2v) is 7.72. The maximum Gasteiger partial charge on any atom is 0.269 e. The van der Waals surface area contributed by atoms with Crippen molar-refractivity contribution in [2.75, 3.05) is 25.0 Å². The number of hydrogen-bond acceptors (Lipinski definition) is 6. The van der Waals surface area contributed by atoms with Gasteiger partial charge in [0.1, 0.15) is 29.8 Å². The first kappa shape index (κ1) is 22.6. The van der Waals surface area contributed by atoms with Gasteiger partial charge in [-0.1, -0.05) is 0 Å². The van der Waals surface area contributed by atoms with Gasteiger partial charge in [0.15, 0.2) is 11.6 Å². The Balaban J connectivity index is 1.49. The van der Waals surface area contributed by atoms with Crippen molar-refractivity contribution in [2.24, 2.45) is 11.0 Å². The van der Waals surface area contributed by atoms with E-state index in [1.54, 1.807) is 4.90 Å². The van der Waals surface area contributed by atoms with E-state index in [1.165, 1.54) is 25.7 Å². The zero-order valence-electron chi connectivity index (χ0n) is 17.5. The van der Waals surface area contributed by atoms with Crippen LogP contribution in [0.25, 0.3) is 0 Å². The summed E-state index contributed by atoms with van der Waals surface area (Å²) in [5.41, 5.74) is -0.233. The smallest absolute Gasteiger partial charge is 0.269 e. The lowest BCUT2D eigenvalue weighted by Crippen LogP contribution is -2.48. The number of benzene rings is 1. The molecule has 2 aliphatic rings. The predicted molar refractivity (Wildman–Crippen MR) is 110 cm³/mol. The zero-order valence-corrected chi connectivity index (χ0v) is 17.5.